The number of fused-ring (bicyclic) bond motifs is 1. The molecule has 0 saturated carbocycles. The van der Waals surface area contributed by atoms with E-state index < -0.39 is 0 Å². The number of thioether (sulfide) groups is 1. The highest BCUT2D eigenvalue weighted by Gasteiger charge is 2.19. The van der Waals surface area contributed by atoms with Crippen LogP contribution in [0.4, 0.5) is 0 Å². The summed E-state index contributed by atoms with van der Waals surface area (Å²) in [5, 5.41) is 4.99. The molecule has 0 saturated heterocycles. The van der Waals surface area contributed by atoms with Crippen LogP contribution in [-0.4, -0.2) is 45.0 Å². The maximum Gasteiger partial charge on any atom is 0.246 e. The van der Waals surface area contributed by atoms with E-state index in [-0.39, 0.29) is 0 Å². The molecule has 8 heteroatoms. The minimum atomic E-state index is 0.291. The highest BCUT2D eigenvalue weighted by atomic mass is 32.2. The number of ether oxygens (including phenoxy) is 2. The number of aromatic nitrogens is 4. The van der Waals surface area contributed by atoms with Crippen LogP contribution >= 0.6 is 11.8 Å². The minimum Gasteiger partial charge on any atom is -0.476 e. The fourth-order valence-electron chi connectivity index (χ4n) is 3.94. The van der Waals surface area contributed by atoms with Gasteiger partial charge in [-0.15, -0.1) is 11.8 Å². The van der Waals surface area contributed by atoms with Crippen LogP contribution in [0.25, 0.3) is 11.0 Å². The van der Waals surface area contributed by atoms with Gasteiger partial charge in [0.15, 0.2) is 16.2 Å². The minimum absolute atomic E-state index is 0.291. The second-order valence-corrected chi connectivity index (χ2v) is 9.93. The lowest BCUT2D eigenvalue weighted by Crippen LogP contribution is -2.03. The molecule has 0 N–H and O–H groups in total. The van der Waals surface area contributed by atoms with Crippen LogP contribution in [-0.2, 0) is 11.8 Å². The Morgan fingerprint density at radius 3 is 2.11 bits per heavy atom. The van der Waals surface area contributed by atoms with E-state index in [9.17, 15) is 4.79 Å². The van der Waals surface area contributed by atoms with Crippen LogP contribution in [0.2, 0.25) is 0 Å². The van der Waals surface area contributed by atoms with Crippen molar-refractivity contribution in [3.8, 4) is 23.6 Å². The second kappa shape index (κ2) is 18.9. The molecule has 0 spiro atoms. The van der Waals surface area contributed by atoms with Gasteiger partial charge < -0.3 is 14.3 Å². The summed E-state index contributed by atoms with van der Waals surface area (Å²) in [4.78, 5) is 19.7. The number of carbonyl (C=O) groups is 1. The Hall–Kier alpha value is -2.27. The van der Waals surface area contributed by atoms with E-state index in [1.54, 1.807) is 4.68 Å². The molecule has 0 aliphatic carbocycles. The van der Waals surface area contributed by atoms with Crippen molar-refractivity contribution in [1.29, 1.82) is 0 Å². The van der Waals surface area contributed by atoms with Gasteiger partial charge in [0.05, 0.1) is 19.0 Å². The molecule has 0 atom stereocenters. The smallest absolute Gasteiger partial charge is 0.246 e. The molecule has 0 aromatic carbocycles. The van der Waals surface area contributed by atoms with Crippen LogP contribution in [0.1, 0.15) is 104 Å². The monoisotopic (exact) mass is 516 g/mol. The summed E-state index contributed by atoms with van der Waals surface area (Å²) in [7, 11) is 1.83. The molecule has 200 valence electrons. The first kappa shape index (κ1) is 30.0. The zero-order chi connectivity index (χ0) is 25.8. The van der Waals surface area contributed by atoms with E-state index in [1.165, 1.54) is 76.0 Å². The SMILES string of the molecule is CCCCCCCCC#CCCCCCCCCOc1c2nc(SCC=O)nc(OCC)c2nn1C. The number of nitrogens with zero attached hydrogens (tertiary/aromatic N) is 4. The number of hydrogen-bond donors (Lipinski definition) is 0. The van der Waals surface area contributed by atoms with Crippen molar-refractivity contribution < 1.29 is 14.3 Å². The Labute approximate surface area is 221 Å². The van der Waals surface area contributed by atoms with Gasteiger partial charge in [-0.1, -0.05) is 76.5 Å². The largest absolute Gasteiger partial charge is 0.476 e. The van der Waals surface area contributed by atoms with Crippen LogP contribution in [0.3, 0.4) is 0 Å². The normalized spacial score (nSPS) is 10.9. The van der Waals surface area contributed by atoms with Gasteiger partial charge in [0.2, 0.25) is 11.8 Å². The van der Waals surface area contributed by atoms with Crippen molar-refractivity contribution in [3.63, 3.8) is 0 Å². The van der Waals surface area contributed by atoms with Crippen molar-refractivity contribution in [2.24, 2.45) is 7.05 Å². The number of rotatable bonds is 20. The molecule has 2 heterocycles. The van der Waals surface area contributed by atoms with E-state index in [0.29, 0.717) is 46.9 Å². The van der Waals surface area contributed by atoms with Crippen LogP contribution in [0.15, 0.2) is 5.16 Å². The van der Waals surface area contributed by atoms with Gasteiger partial charge in [-0.05, 0) is 26.2 Å². The Balaban J connectivity index is 1.63. The number of unbranched alkanes of at least 4 members (excludes halogenated alkanes) is 12. The molecule has 0 radical (unpaired) electrons. The third-order valence-electron chi connectivity index (χ3n) is 5.85. The van der Waals surface area contributed by atoms with Gasteiger partial charge in [0.25, 0.3) is 0 Å². The van der Waals surface area contributed by atoms with Crippen LogP contribution < -0.4 is 9.47 Å². The van der Waals surface area contributed by atoms with Crippen LogP contribution in [0, 0.1) is 11.8 Å². The molecular formula is C28H44N4O3S. The summed E-state index contributed by atoms with van der Waals surface area (Å²) in [6.45, 7) is 5.25. The molecule has 0 unspecified atom stereocenters. The van der Waals surface area contributed by atoms with Gasteiger partial charge in [-0.3, -0.25) is 0 Å². The van der Waals surface area contributed by atoms with Gasteiger partial charge in [-0.25, -0.2) is 9.67 Å². The van der Waals surface area contributed by atoms with Gasteiger partial charge in [0, 0.05) is 19.9 Å². The lowest BCUT2D eigenvalue weighted by atomic mass is 10.1. The summed E-state index contributed by atoms with van der Waals surface area (Å²) >= 11 is 1.27. The Kier molecular flexibility index (Phi) is 15.7. The van der Waals surface area contributed by atoms with Crippen molar-refractivity contribution in [3.05, 3.63) is 0 Å². The summed E-state index contributed by atoms with van der Waals surface area (Å²) in [5.74, 6) is 8.01. The van der Waals surface area contributed by atoms with Crippen molar-refractivity contribution >= 4 is 29.1 Å². The topological polar surface area (TPSA) is 79.1 Å². The molecule has 7 nitrogen and oxygen atoms in total. The molecule has 0 amide bonds. The number of aryl methyl sites for hydroxylation is 1. The summed E-state index contributed by atoms with van der Waals surface area (Å²) < 4.78 is 13.4. The van der Waals surface area contributed by atoms with Crippen molar-refractivity contribution in [1.82, 2.24) is 19.7 Å². The Morgan fingerprint density at radius 1 is 0.833 bits per heavy atom. The zero-order valence-corrected chi connectivity index (χ0v) is 23.3. The molecule has 0 fully saturated rings. The third-order valence-corrected chi connectivity index (χ3v) is 6.60. The molecular weight excluding hydrogens is 472 g/mol. The molecule has 0 aliphatic rings. The van der Waals surface area contributed by atoms with Crippen LogP contribution in [0.5, 0.6) is 11.8 Å². The fourth-order valence-corrected chi connectivity index (χ4v) is 4.46. The van der Waals surface area contributed by atoms with E-state index in [1.807, 2.05) is 14.0 Å². The maximum atomic E-state index is 10.8. The summed E-state index contributed by atoms with van der Waals surface area (Å²) in [6.07, 6.45) is 18.0. The molecule has 2 rings (SSSR count). The first-order valence-corrected chi connectivity index (χ1v) is 14.7. The molecule has 2 aromatic rings. The van der Waals surface area contributed by atoms with E-state index in [2.05, 4.69) is 33.8 Å². The Morgan fingerprint density at radius 2 is 1.47 bits per heavy atom. The zero-order valence-electron chi connectivity index (χ0n) is 22.5. The summed E-state index contributed by atoms with van der Waals surface area (Å²) in [5.41, 5.74) is 1.21. The first-order chi connectivity index (χ1) is 17.7. The van der Waals surface area contributed by atoms with Gasteiger partial charge in [0.1, 0.15) is 6.29 Å². The average Bonchev–Trinajstić information content (AvgIpc) is 3.20. The van der Waals surface area contributed by atoms with Gasteiger partial charge >= 0.3 is 0 Å². The van der Waals surface area contributed by atoms with E-state index >= 15 is 0 Å². The van der Waals surface area contributed by atoms with Gasteiger partial charge in [-0.2, -0.15) is 10.1 Å². The first-order valence-electron chi connectivity index (χ1n) is 13.7. The van der Waals surface area contributed by atoms with E-state index in [4.69, 9.17) is 9.47 Å². The van der Waals surface area contributed by atoms with Crippen molar-refractivity contribution in [2.75, 3.05) is 19.0 Å². The standard InChI is InChI=1S/C28H44N4O3S/c1-4-6-7-8-9-10-11-12-13-14-15-16-17-18-19-20-22-35-27-25-24(31-32(27)3)26(34-5-2)30-28(29-25)36-23-21-33/h21H,4-11,14-20,22-23H2,1-3H3. The van der Waals surface area contributed by atoms with E-state index in [0.717, 1.165) is 32.0 Å². The van der Waals surface area contributed by atoms with Crippen molar-refractivity contribution in [2.45, 2.75) is 109 Å². The lowest BCUT2D eigenvalue weighted by molar-refractivity contribution is -0.105. The maximum absolute atomic E-state index is 10.8. The summed E-state index contributed by atoms with van der Waals surface area (Å²) in [6, 6.07) is 0. The Bertz CT molecular complexity index is 952. The third kappa shape index (κ3) is 11.2. The highest BCUT2D eigenvalue weighted by Crippen LogP contribution is 2.31. The molecule has 0 bridgehead atoms. The average molecular weight is 517 g/mol. The predicted octanol–water partition coefficient (Wildman–Crippen LogP) is 6.92. The fraction of sp³-hybridized carbons (Fsp3) is 0.714. The molecule has 36 heavy (non-hydrogen) atoms. The lowest BCUT2D eigenvalue weighted by Gasteiger charge is -2.07. The quantitative estimate of drug-likeness (QED) is 0.0621. The number of aldehydes is 1. The predicted molar refractivity (Wildman–Crippen MR) is 148 cm³/mol. The molecule has 0 aliphatic heterocycles. The second-order valence-electron chi connectivity index (χ2n) is 8.94. The highest BCUT2D eigenvalue weighted by molar-refractivity contribution is 7.99. The number of carbonyl (C=O) groups excluding carboxylic acids is 1. The number of hydrogen-bond acceptors (Lipinski definition) is 7. The molecule has 2 aromatic heterocycles.